The van der Waals surface area contributed by atoms with Gasteiger partial charge in [0.1, 0.15) is 16.5 Å². The summed E-state index contributed by atoms with van der Waals surface area (Å²) in [6, 6.07) is 13.5. The molecule has 3 rings (SSSR count). The van der Waals surface area contributed by atoms with Crippen LogP contribution in [0.1, 0.15) is 21.5 Å². The first-order chi connectivity index (χ1) is 12.5. The summed E-state index contributed by atoms with van der Waals surface area (Å²) in [7, 11) is 3.14. The van der Waals surface area contributed by atoms with Crippen LogP contribution in [-0.2, 0) is 0 Å². The van der Waals surface area contributed by atoms with Crippen molar-refractivity contribution in [3.8, 4) is 11.5 Å². The van der Waals surface area contributed by atoms with Gasteiger partial charge in [-0.1, -0.05) is 30.0 Å². The van der Waals surface area contributed by atoms with Gasteiger partial charge < -0.3 is 9.47 Å². The number of para-hydroxylation sites is 1. The number of rotatable bonds is 6. The third-order valence-corrected chi connectivity index (χ3v) is 5.33. The van der Waals surface area contributed by atoms with Crippen LogP contribution in [-0.4, -0.2) is 30.7 Å². The summed E-state index contributed by atoms with van der Waals surface area (Å²) >= 11 is 1.45. The molecule has 0 bridgehead atoms. The number of ether oxygens (including phenoxy) is 2. The molecule has 0 radical (unpaired) electrons. The number of hydrogen-bond acceptors (Lipinski definition) is 5. The number of nitrogens with zero attached hydrogens (tertiary/aromatic N) is 1. The second-order valence-electron chi connectivity index (χ2n) is 6.04. The van der Waals surface area contributed by atoms with Crippen LogP contribution < -0.4 is 9.47 Å². The molecule has 0 aliphatic carbocycles. The smallest absolute Gasteiger partial charge is 0.176 e. The first-order valence-corrected chi connectivity index (χ1v) is 9.27. The van der Waals surface area contributed by atoms with E-state index < -0.39 is 0 Å². The highest BCUT2D eigenvalue weighted by Gasteiger charge is 2.15. The van der Waals surface area contributed by atoms with Crippen molar-refractivity contribution in [2.45, 2.75) is 18.9 Å². The Labute approximate surface area is 157 Å². The zero-order chi connectivity index (χ0) is 18.7. The molecule has 5 heteroatoms. The van der Waals surface area contributed by atoms with Crippen molar-refractivity contribution in [1.29, 1.82) is 0 Å². The van der Waals surface area contributed by atoms with E-state index >= 15 is 0 Å². The lowest BCUT2D eigenvalue weighted by Crippen LogP contribution is -2.06. The molecule has 0 aliphatic rings. The molecule has 26 heavy (non-hydrogen) atoms. The lowest BCUT2D eigenvalue weighted by Gasteiger charge is -2.11. The summed E-state index contributed by atoms with van der Waals surface area (Å²) in [4.78, 5) is 17.5. The Bertz CT molecular complexity index is 969. The second-order valence-corrected chi connectivity index (χ2v) is 7.00. The number of benzene rings is 2. The minimum Gasteiger partial charge on any atom is -0.497 e. The first kappa shape index (κ1) is 18.3. The topological polar surface area (TPSA) is 48.4 Å². The number of aryl methyl sites for hydroxylation is 2. The number of carbonyl (C=O) groups excluding carboxylic acids is 1. The summed E-state index contributed by atoms with van der Waals surface area (Å²) < 4.78 is 10.5. The van der Waals surface area contributed by atoms with E-state index in [1.54, 1.807) is 32.4 Å². The van der Waals surface area contributed by atoms with Crippen LogP contribution in [0.3, 0.4) is 0 Å². The predicted molar refractivity (Wildman–Crippen MR) is 106 cm³/mol. The van der Waals surface area contributed by atoms with Crippen molar-refractivity contribution in [3.05, 3.63) is 59.2 Å². The molecule has 0 spiro atoms. The van der Waals surface area contributed by atoms with E-state index in [0.29, 0.717) is 17.1 Å². The maximum atomic E-state index is 12.7. The molecular weight excluding hydrogens is 346 g/mol. The van der Waals surface area contributed by atoms with Crippen molar-refractivity contribution >= 4 is 28.4 Å². The summed E-state index contributed by atoms with van der Waals surface area (Å²) in [6.07, 6.45) is 0. The highest BCUT2D eigenvalue weighted by atomic mass is 32.2. The molecule has 3 aromatic rings. The maximum Gasteiger partial charge on any atom is 0.176 e. The summed E-state index contributed by atoms with van der Waals surface area (Å²) in [5.74, 6) is 1.46. The molecule has 1 aromatic heterocycles. The van der Waals surface area contributed by atoms with Crippen LogP contribution in [0, 0.1) is 13.8 Å². The summed E-state index contributed by atoms with van der Waals surface area (Å²) in [5.41, 5.74) is 3.70. The van der Waals surface area contributed by atoms with E-state index in [-0.39, 0.29) is 11.5 Å². The van der Waals surface area contributed by atoms with E-state index in [0.717, 1.165) is 27.1 Å². The van der Waals surface area contributed by atoms with Gasteiger partial charge in [0.15, 0.2) is 5.78 Å². The number of ketones is 1. The SMILES string of the molecule is COc1ccc(OC)c(C(=O)CSc2nc3c(C)cccc3cc2C)c1. The number of methoxy groups -OCH3 is 2. The molecule has 0 N–H and O–H groups in total. The number of hydrogen-bond donors (Lipinski definition) is 0. The van der Waals surface area contributed by atoms with E-state index in [1.807, 2.05) is 26.0 Å². The largest absolute Gasteiger partial charge is 0.497 e. The highest BCUT2D eigenvalue weighted by molar-refractivity contribution is 8.00. The Hall–Kier alpha value is -2.53. The van der Waals surface area contributed by atoms with Gasteiger partial charge in [0.05, 0.1) is 31.1 Å². The van der Waals surface area contributed by atoms with Crippen molar-refractivity contribution < 1.29 is 14.3 Å². The number of carbonyl (C=O) groups is 1. The average Bonchev–Trinajstić information content (AvgIpc) is 2.66. The number of pyridine rings is 1. The van der Waals surface area contributed by atoms with Gasteiger partial charge in [-0.15, -0.1) is 0 Å². The van der Waals surface area contributed by atoms with Crippen molar-refractivity contribution in [1.82, 2.24) is 4.98 Å². The standard InChI is InChI=1S/C21H21NO3S/c1-13-6-5-7-15-10-14(2)21(22-20(13)15)26-12-18(23)17-11-16(24-3)8-9-19(17)25-4/h5-11H,12H2,1-4H3. The molecule has 0 fully saturated rings. The molecule has 0 aliphatic heterocycles. The Balaban J connectivity index is 1.85. The predicted octanol–water partition coefficient (Wildman–Crippen LogP) is 4.84. The molecule has 134 valence electrons. The third-order valence-electron chi connectivity index (χ3n) is 4.24. The van der Waals surface area contributed by atoms with Gasteiger partial charge in [-0.05, 0) is 49.2 Å². The van der Waals surface area contributed by atoms with Crippen LogP contribution in [0.15, 0.2) is 47.5 Å². The average molecular weight is 367 g/mol. The molecule has 0 atom stereocenters. The minimum absolute atomic E-state index is 0.0168. The van der Waals surface area contributed by atoms with Gasteiger partial charge in [-0.2, -0.15) is 0 Å². The van der Waals surface area contributed by atoms with Gasteiger partial charge in [-0.25, -0.2) is 4.98 Å². The minimum atomic E-state index is -0.0168. The Morgan fingerprint density at radius 3 is 2.58 bits per heavy atom. The molecule has 0 unspecified atom stereocenters. The fourth-order valence-corrected chi connectivity index (χ4v) is 3.69. The maximum absolute atomic E-state index is 12.7. The number of Topliss-reactive ketones (excluding diaryl/α,β-unsaturated/α-hetero) is 1. The summed E-state index contributed by atoms with van der Waals surface area (Å²) in [5, 5.41) is 2.00. The van der Waals surface area contributed by atoms with Crippen LogP contribution >= 0.6 is 11.8 Å². The lowest BCUT2D eigenvalue weighted by molar-refractivity contribution is 0.101. The van der Waals surface area contributed by atoms with Gasteiger partial charge in [0, 0.05) is 5.39 Å². The first-order valence-electron chi connectivity index (χ1n) is 8.28. The van der Waals surface area contributed by atoms with Gasteiger partial charge in [0.25, 0.3) is 0 Å². The van der Waals surface area contributed by atoms with E-state index in [1.165, 1.54) is 11.8 Å². The van der Waals surface area contributed by atoms with Crippen molar-refractivity contribution in [3.63, 3.8) is 0 Å². The normalized spacial score (nSPS) is 10.8. The molecule has 0 amide bonds. The van der Waals surface area contributed by atoms with Gasteiger partial charge in [0.2, 0.25) is 0 Å². The molecule has 1 heterocycles. The van der Waals surface area contributed by atoms with Gasteiger partial charge in [-0.3, -0.25) is 4.79 Å². The molecule has 2 aromatic carbocycles. The zero-order valence-electron chi connectivity index (χ0n) is 15.3. The summed E-state index contributed by atoms with van der Waals surface area (Å²) in [6.45, 7) is 4.07. The number of aromatic nitrogens is 1. The monoisotopic (exact) mass is 367 g/mol. The molecule has 0 saturated heterocycles. The number of fused-ring (bicyclic) bond motifs is 1. The van der Waals surface area contributed by atoms with Crippen LogP contribution in [0.5, 0.6) is 11.5 Å². The quantitative estimate of drug-likeness (QED) is 0.461. The molecule has 0 saturated carbocycles. The zero-order valence-corrected chi connectivity index (χ0v) is 16.1. The van der Waals surface area contributed by atoms with Crippen molar-refractivity contribution in [2.24, 2.45) is 0 Å². The van der Waals surface area contributed by atoms with Crippen molar-refractivity contribution in [2.75, 3.05) is 20.0 Å². The van der Waals surface area contributed by atoms with Gasteiger partial charge >= 0.3 is 0 Å². The van der Waals surface area contributed by atoms with Crippen LogP contribution in [0.25, 0.3) is 10.9 Å². The lowest BCUT2D eigenvalue weighted by atomic mass is 10.1. The Morgan fingerprint density at radius 1 is 1.04 bits per heavy atom. The fraction of sp³-hybridized carbons (Fsp3) is 0.238. The van der Waals surface area contributed by atoms with E-state index in [2.05, 4.69) is 12.1 Å². The Kier molecular flexibility index (Phi) is 5.47. The van der Waals surface area contributed by atoms with E-state index in [9.17, 15) is 4.79 Å². The number of thioether (sulfide) groups is 1. The second kappa shape index (κ2) is 7.79. The third kappa shape index (κ3) is 3.68. The molecular formula is C21H21NO3S. The highest BCUT2D eigenvalue weighted by Crippen LogP contribution is 2.29. The molecule has 4 nitrogen and oxygen atoms in total. The fourth-order valence-electron chi connectivity index (χ4n) is 2.83. The Morgan fingerprint density at radius 2 is 1.85 bits per heavy atom. The van der Waals surface area contributed by atoms with Crippen LogP contribution in [0.2, 0.25) is 0 Å². The van der Waals surface area contributed by atoms with Crippen LogP contribution in [0.4, 0.5) is 0 Å². The van der Waals surface area contributed by atoms with E-state index in [4.69, 9.17) is 14.5 Å².